The third kappa shape index (κ3) is 2.90. The Bertz CT molecular complexity index is 525. The van der Waals surface area contributed by atoms with E-state index in [4.69, 9.17) is 0 Å². The van der Waals surface area contributed by atoms with E-state index >= 15 is 0 Å². The smallest absolute Gasteiger partial charge is 0.166 e. The molecule has 0 amide bonds. The number of Topliss-reactive ketones (excluding diaryl/α,β-unsaturated/α-hetero) is 1. The van der Waals surface area contributed by atoms with Crippen molar-refractivity contribution >= 4 is 5.78 Å². The number of hydrogen-bond acceptors (Lipinski definition) is 1. The summed E-state index contributed by atoms with van der Waals surface area (Å²) in [7, 11) is 0. The summed E-state index contributed by atoms with van der Waals surface area (Å²) in [5, 5.41) is 0. The molecule has 0 heterocycles. The van der Waals surface area contributed by atoms with Crippen molar-refractivity contribution in [2.45, 2.75) is 58.8 Å². The SMILES string of the molecule is Cc1cc(F)cc(C)c1C(=O)C1CCC2CCCCC2C1. The molecular formula is C19H25FO. The van der Waals surface area contributed by atoms with Crippen LogP contribution >= 0.6 is 0 Å². The average Bonchev–Trinajstić information content (AvgIpc) is 2.45. The van der Waals surface area contributed by atoms with Crippen molar-refractivity contribution in [1.82, 2.24) is 0 Å². The summed E-state index contributed by atoms with van der Waals surface area (Å²) in [6.45, 7) is 3.71. The predicted molar refractivity (Wildman–Crippen MR) is 83.0 cm³/mol. The van der Waals surface area contributed by atoms with E-state index in [2.05, 4.69) is 0 Å². The molecule has 2 aliphatic rings. The van der Waals surface area contributed by atoms with Crippen molar-refractivity contribution in [2.24, 2.45) is 17.8 Å². The highest BCUT2D eigenvalue weighted by molar-refractivity contribution is 6.00. The van der Waals surface area contributed by atoms with Crippen LogP contribution in [0.15, 0.2) is 12.1 Å². The Hall–Kier alpha value is -1.18. The van der Waals surface area contributed by atoms with Crippen molar-refractivity contribution in [2.75, 3.05) is 0 Å². The van der Waals surface area contributed by atoms with E-state index in [9.17, 15) is 9.18 Å². The van der Waals surface area contributed by atoms with Gasteiger partial charge in [0, 0.05) is 11.5 Å². The number of carbonyl (C=O) groups excluding carboxylic acids is 1. The molecule has 114 valence electrons. The van der Waals surface area contributed by atoms with Gasteiger partial charge in [-0.1, -0.05) is 25.7 Å². The third-order valence-electron chi connectivity index (χ3n) is 5.65. The van der Waals surface area contributed by atoms with E-state index in [-0.39, 0.29) is 17.5 Å². The lowest BCUT2D eigenvalue weighted by atomic mass is 9.66. The maximum Gasteiger partial charge on any atom is 0.166 e. The molecule has 0 aromatic heterocycles. The summed E-state index contributed by atoms with van der Waals surface area (Å²) in [6, 6.07) is 2.99. The van der Waals surface area contributed by atoms with E-state index in [0.29, 0.717) is 0 Å². The molecule has 3 rings (SSSR count). The highest BCUT2D eigenvalue weighted by atomic mass is 19.1. The van der Waals surface area contributed by atoms with Gasteiger partial charge in [0.15, 0.2) is 5.78 Å². The molecule has 2 saturated carbocycles. The average molecular weight is 288 g/mol. The topological polar surface area (TPSA) is 17.1 Å². The summed E-state index contributed by atoms with van der Waals surface area (Å²) in [5.74, 6) is 1.79. The van der Waals surface area contributed by atoms with Crippen molar-refractivity contribution < 1.29 is 9.18 Å². The van der Waals surface area contributed by atoms with Crippen molar-refractivity contribution in [3.63, 3.8) is 0 Å². The highest BCUT2D eigenvalue weighted by Gasteiger charge is 2.35. The molecule has 1 nitrogen and oxygen atoms in total. The molecule has 1 aromatic rings. The summed E-state index contributed by atoms with van der Waals surface area (Å²) in [4.78, 5) is 12.9. The van der Waals surface area contributed by atoms with Crippen LogP contribution < -0.4 is 0 Å². The Morgan fingerprint density at radius 2 is 1.62 bits per heavy atom. The molecule has 0 N–H and O–H groups in total. The number of aryl methyl sites for hydroxylation is 2. The number of fused-ring (bicyclic) bond motifs is 1. The molecule has 2 fully saturated rings. The first-order valence-corrected chi connectivity index (χ1v) is 8.37. The molecule has 3 unspecified atom stereocenters. The first kappa shape index (κ1) is 14.7. The molecule has 3 atom stereocenters. The fraction of sp³-hybridized carbons (Fsp3) is 0.632. The maximum atomic E-state index is 13.4. The van der Waals surface area contributed by atoms with Crippen LogP contribution in [-0.2, 0) is 0 Å². The summed E-state index contributed by atoms with van der Waals surface area (Å²) < 4.78 is 13.4. The monoisotopic (exact) mass is 288 g/mol. The highest BCUT2D eigenvalue weighted by Crippen LogP contribution is 2.43. The van der Waals surface area contributed by atoms with E-state index in [1.54, 1.807) is 0 Å². The zero-order valence-electron chi connectivity index (χ0n) is 13.1. The molecule has 0 bridgehead atoms. The summed E-state index contributed by atoms with van der Waals surface area (Å²) >= 11 is 0. The van der Waals surface area contributed by atoms with Gasteiger partial charge in [-0.2, -0.15) is 0 Å². The van der Waals surface area contributed by atoms with Crippen LogP contribution in [0.25, 0.3) is 0 Å². The second kappa shape index (κ2) is 5.90. The second-order valence-electron chi connectivity index (χ2n) is 7.09. The fourth-order valence-electron chi connectivity index (χ4n) is 4.61. The second-order valence-corrected chi connectivity index (χ2v) is 7.09. The lowest BCUT2D eigenvalue weighted by Gasteiger charge is -2.39. The van der Waals surface area contributed by atoms with Crippen molar-refractivity contribution in [3.05, 3.63) is 34.6 Å². The van der Waals surface area contributed by atoms with Gasteiger partial charge >= 0.3 is 0 Å². The van der Waals surface area contributed by atoms with Crippen LogP contribution in [0.4, 0.5) is 4.39 Å². The molecule has 0 radical (unpaired) electrons. The zero-order valence-corrected chi connectivity index (χ0v) is 13.1. The van der Waals surface area contributed by atoms with Gasteiger partial charge in [-0.05, 0) is 68.2 Å². The van der Waals surface area contributed by atoms with E-state index in [0.717, 1.165) is 41.4 Å². The zero-order chi connectivity index (χ0) is 15.0. The minimum atomic E-state index is -0.238. The largest absolute Gasteiger partial charge is 0.294 e. The van der Waals surface area contributed by atoms with E-state index in [1.807, 2.05) is 13.8 Å². The maximum absolute atomic E-state index is 13.4. The quantitative estimate of drug-likeness (QED) is 0.681. The van der Waals surface area contributed by atoms with Gasteiger partial charge in [0.2, 0.25) is 0 Å². The molecule has 2 heteroatoms. The van der Waals surface area contributed by atoms with Crippen LogP contribution in [-0.4, -0.2) is 5.78 Å². The molecule has 0 saturated heterocycles. The predicted octanol–water partition coefficient (Wildman–Crippen LogP) is 5.23. The molecule has 21 heavy (non-hydrogen) atoms. The van der Waals surface area contributed by atoms with Crippen LogP contribution in [0.5, 0.6) is 0 Å². The fourth-order valence-corrected chi connectivity index (χ4v) is 4.61. The van der Waals surface area contributed by atoms with E-state index < -0.39 is 0 Å². The molecule has 0 aliphatic heterocycles. The minimum absolute atomic E-state index is 0.159. The van der Waals surface area contributed by atoms with Gasteiger partial charge in [-0.15, -0.1) is 0 Å². The third-order valence-corrected chi connectivity index (χ3v) is 5.65. The summed E-state index contributed by atoms with van der Waals surface area (Å²) in [5.41, 5.74) is 2.36. The Morgan fingerprint density at radius 3 is 2.29 bits per heavy atom. The number of benzene rings is 1. The van der Waals surface area contributed by atoms with Crippen LogP contribution in [0.3, 0.4) is 0 Å². The van der Waals surface area contributed by atoms with Crippen molar-refractivity contribution in [3.8, 4) is 0 Å². The molecule has 1 aromatic carbocycles. The van der Waals surface area contributed by atoms with Gasteiger partial charge < -0.3 is 0 Å². The Labute approximate surface area is 126 Å². The molecular weight excluding hydrogens is 263 g/mol. The number of carbonyl (C=O) groups is 1. The first-order chi connectivity index (χ1) is 10.1. The normalized spacial score (nSPS) is 29.0. The van der Waals surface area contributed by atoms with Gasteiger partial charge in [0.25, 0.3) is 0 Å². The van der Waals surface area contributed by atoms with Gasteiger partial charge in [-0.25, -0.2) is 4.39 Å². The van der Waals surface area contributed by atoms with Gasteiger partial charge in [-0.3, -0.25) is 4.79 Å². The molecule has 0 spiro atoms. The number of hydrogen-bond donors (Lipinski definition) is 0. The van der Waals surface area contributed by atoms with Gasteiger partial charge in [0.05, 0.1) is 0 Å². The van der Waals surface area contributed by atoms with Crippen LogP contribution in [0.1, 0.15) is 66.4 Å². The Balaban J connectivity index is 1.80. The standard InChI is InChI=1S/C19H25FO/c1-12-9-17(20)10-13(2)18(12)19(21)16-8-7-14-5-3-4-6-15(14)11-16/h9-10,14-16H,3-8,11H2,1-2H3. The Morgan fingerprint density at radius 1 is 1.00 bits per heavy atom. The lowest BCUT2D eigenvalue weighted by Crippen LogP contribution is -2.31. The number of ketones is 1. The van der Waals surface area contributed by atoms with E-state index in [1.165, 1.54) is 44.2 Å². The minimum Gasteiger partial charge on any atom is -0.294 e. The number of rotatable bonds is 2. The number of halogens is 1. The van der Waals surface area contributed by atoms with Crippen LogP contribution in [0.2, 0.25) is 0 Å². The summed E-state index contributed by atoms with van der Waals surface area (Å²) in [6.07, 6.45) is 8.65. The molecule has 2 aliphatic carbocycles. The first-order valence-electron chi connectivity index (χ1n) is 8.37. The van der Waals surface area contributed by atoms with Crippen molar-refractivity contribution in [1.29, 1.82) is 0 Å². The van der Waals surface area contributed by atoms with Gasteiger partial charge in [0.1, 0.15) is 5.82 Å². The lowest BCUT2D eigenvalue weighted by molar-refractivity contribution is 0.0762. The Kier molecular flexibility index (Phi) is 4.14. The van der Waals surface area contributed by atoms with Crippen LogP contribution in [0, 0.1) is 37.4 Å².